The van der Waals surface area contributed by atoms with Crippen LogP contribution in [-0.2, 0) is 4.74 Å². The molecule has 0 aliphatic heterocycles. The van der Waals surface area contributed by atoms with Crippen molar-refractivity contribution in [3.05, 3.63) is 22.5 Å². The molecule has 1 aromatic rings. The smallest absolute Gasteiger partial charge is 0.340 e. The number of primary amides is 1. The lowest BCUT2D eigenvalue weighted by Gasteiger charge is -2.01. The second-order valence-corrected chi connectivity index (χ2v) is 3.21. The summed E-state index contributed by atoms with van der Waals surface area (Å²) in [7, 11) is 0. The maximum absolute atomic E-state index is 11.5. The van der Waals surface area contributed by atoms with Crippen molar-refractivity contribution in [2.24, 2.45) is 5.73 Å². The predicted molar refractivity (Wildman–Crippen MR) is 54.7 cm³/mol. The molecule has 0 saturated heterocycles. The Bertz CT molecular complexity index is 407. The number of carbonyl (C=O) groups is 2. The lowest BCUT2D eigenvalue weighted by molar-refractivity contribution is 0.0525. The molecule has 15 heavy (non-hydrogen) atoms. The summed E-state index contributed by atoms with van der Waals surface area (Å²) in [4.78, 5) is 25.3. The Morgan fingerprint density at radius 1 is 1.40 bits per heavy atom. The van der Waals surface area contributed by atoms with Crippen LogP contribution in [0.2, 0.25) is 0 Å². The zero-order valence-electron chi connectivity index (χ0n) is 9.01. The monoisotopic (exact) mass is 210 g/mol. The average Bonchev–Trinajstić information content (AvgIpc) is 2.42. The molecule has 0 fully saturated rings. The number of carbonyl (C=O) groups excluding carboxylic acids is 2. The van der Waals surface area contributed by atoms with Gasteiger partial charge in [0.25, 0.3) is 5.91 Å². The molecule has 1 aromatic heterocycles. The highest BCUT2D eigenvalue weighted by Crippen LogP contribution is 2.18. The number of H-pyrrole nitrogens is 1. The number of aromatic nitrogens is 1. The molecule has 0 aliphatic rings. The number of ether oxygens (including phenoxy) is 1. The molecule has 0 spiro atoms. The van der Waals surface area contributed by atoms with Crippen molar-refractivity contribution < 1.29 is 14.3 Å². The number of rotatable bonds is 3. The highest BCUT2D eigenvalue weighted by atomic mass is 16.5. The van der Waals surface area contributed by atoms with E-state index in [0.29, 0.717) is 23.4 Å². The van der Waals surface area contributed by atoms with Crippen molar-refractivity contribution in [1.82, 2.24) is 4.98 Å². The predicted octanol–water partition coefficient (Wildman–Crippen LogP) is 0.907. The van der Waals surface area contributed by atoms with Crippen LogP contribution in [0, 0.1) is 13.8 Å². The minimum Gasteiger partial charge on any atom is -0.462 e. The van der Waals surface area contributed by atoms with Crippen molar-refractivity contribution >= 4 is 11.9 Å². The molecule has 5 heteroatoms. The lowest BCUT2D eigenvalue weighted by Crippen LogP contribution is -2.13. The van der Waals surface area contributed by atoms with Crippen LogP contribution < -0.4 is 5.73 Å². The fourth-order valence-corrected chi connectivity index (χ4v) is 1.51. The number of hydrogen-bond acceptors (Lipinski definition) is 3. The highest BCUT2D eigenvalue weighted by Gasteiger charge is 2.21. The number of nitrogens with two attached hydrogens (primary N) is 1. The van der Waals surface area contributed by atoms with Gasteiger partial charge < -0.3 is 15.5 Å². The van der Waals surface area contributed by atoms with E-state index in [1.807, 2.05) is 0 Å². The molecule has 3 N–H and O–H groups in total. The van der Waals surface area contributed by atoms with Gasteiger partial charge in [0.1, 0.15) is 5.69 Å². The first kappa shape index (κ1) is 11.3. The van der Waals surface area contributed by atoms with E-state index in [1.165, 1.54) is 0 Å². The number of aryl methyl sites for hydroxylation is 1. The fourth-order valence-electron chi connectivity index (χ4n) is 1.51. The van der Waals surface area contributed by atoms with Gasteiger partial charge in [-0.15, -0.1) is 0 Å². The van der Waals surface area contributed by atoms with Gasteiger partial charge in [0.15, 0.2) is 0 Å². The maximum atomic E-state index is 11.5. The highest BCUT2D eigenvalue weighted by molar-refractivity contribution is 5.99. The fraction of sp³-hybridized carbons (Fsp3) is 0.400. The first-order valence-electron chi connectivity index (χ1n) is 4.65. The van der Waals surface area contributed by atoms with Gasteiger partial charge in [-0.25, -0.2) is 4.79 Å². The molecule has 1 amide bonds. The molecule has 1 heterocycles. The number of amides is 1. The van der Waals surface area contributed by atoms with Crippen LogP contribution in [0.25, 0.3) is 0 Å². The van der Waals surface area contributed by atoms with E-state index in [-0.39, 0.29) is 5.69 Å². The minimum absolute atomic E-state index is 0.260. The van der Waals surface area contributed by atoms with Crippen molar-refractivity contribution in [2.45, 2.75) is 20.8 Å². The van der Waals surface area contributed by atoms with Gasteiger partial charge in [-0.3, -0.25) is 4.79 Å². The Morgan fingerprint density at radius 3 is 2.40 bits per heavy atom. The van der Waals surface area contributed by atoms with Crippen LogP contribution in [0.5, 0.6) is 0 Å². The second kappa shape index (κ2) is 4.16. The van der Waals surface area contributed by atoms with Gasteiger partial charge in [-0.1, -0.05) is 0 Å². The molecule has 82 valence electrons. The van der Waals surface area contributed by atoms with E-state index in [0.717, 1.165) is 0 Å². The summed E-state index contributed by atoms with van der Waals surface area (Å²) in [6.45, 7) is 5.39. The molecule has 0 saturated carbocycles. The zero-order chi connectivity index (χ0) is 11.6. The van der Waals surface area contributed by atoms with E-state index < -0.39 is 11.9 Å². The first-order chi connectivity index (χ1) is 6.99. The summed E-state index contributed by atoms with van der Waals surface area (Å²) in [6, 6.07) is 0. The van der Waals surface area contributed by atoms with Crippen LogP contribution in [-0.4, -0.2) is 23.5 Å². The van der Waals surface area contributed by atoms with Gasteiger partial charge >= 0.3 is 5.97 Å². The second-order valence-electron chi connectivity index (χ2n) is 3.21. The third kappa shape index (κ3) is 2.01. The Balaban J connectivity index is 3.19. The number of esters is 1. The summed E-state index contributed by atoms with van der Waals surface area (Å²) < 4.78 is 4.87. The number of hydrogen-bond donors (Lipinski definition) is 2. The Kier molecular flexibility index (Phi) is 3.14. The van der Waals surface area contributed by atoms with E-state index >= 15 is 0 Å². The van der Waals surface area contributed by atoms with E-state index in [2.05, 4.69) is 4.98 Å². The third-order valence-electron chi connectivity index (χ3n) is 2.16. The molecule has 0 unspecified atom stereocenters. The van der Waals surface area contributed by atoms with Crippen LogP contribution in [0.15, 0.2) is 0 Å². The SMILES string of the molecule is CCOC(=O)c1c(C)[nH]c(C(N)=O)c1C. The molecular weight excluding hydrogens is 196 g/mol. The van der Waals surface area contributed by atoms with Crippen LogP contribution >= 0.6 is 0 Å². The Labute approximate surface area is 87.6 Å². The lowest BCUT2D eigenvalue weighted by atomic mass is 10.1. The molecule has 0 aromatic carbocycles. The van der Waals surface area contributed by atoms with Crippen LogP contribution in [0.3, 0.4) is 0 Å². The molecule has 0 radical (unpaired) electrons. The molecule has 0 atom stereocenters. The van der Waals surface area contributed by atoms with Crippen molar-refractivity contribution in [3.8, 4) is 0 Å². The zero-order valence-corrected chi connectivity index (χ0v) is 9.01. The molecule has 0 aliphatic carbocycles. The molecular formula is C10H14N2O3. The Hall–Kier alpha value is -1.78. The quantitative estimate of drug-likeness (QED) is 0.727. The average molecular weight is 210 g/mol. The van der Waals surface area contributed by atoms with Crippen LogP contribution in [0.1, 0.15) is 39.0 Å². The van der Waals surface area contributed by atoms with Gasteiger partial charge in [0.05, 0.1) is 12.2 Å². The van der Waals surface area contributed by atoms with Crippen molar-refractivity contribution in [1.29, 1.82) is 0 Å². The van der Waals surface area contributed by atoms with Gasteiger partial charge in [0.2, 0.25) is 0 Å². The van der Waals surface area contributed by atoms with E-state index in [1.54, 1.807) is 20.8 Å². The third-order valence-corrected chi connectivity index (χ3v) is 2.16. The molecule has 1 rings (SSSR count). The summed E-state index contributed by atoms with van der Waals surface area (Å²) in [6.07, 6.45) is 0. The minimum atomic E-state index is -0.578. The maximum Gasteiger partial charge on any atom is 0.340 e. The largest absolute Gasteiger partial charge is 0.462 e. The van der Waals surface area contributed by atoms with Gasteiger partial charge in [0, 0.05) is 5.69 Å². The summed E-state index contributed by atoms with van der Waals surface area (Å²) in [5.74, 6) is -1.01. The topological polar surface area (TPSA) is 85.2 Å². The first-order valence-corrected chi connectivity index (χ1v) is 4.65. The molecule has 0 bridgehead atoms. The Morgan fingerprint density at radius 2 is 2.00 bits per heavy atom. The summed E-state index contributed by atoms with van der Waals surface area (Å²) in [5, 5.41) is 0. The van der Waals surface area contributed by atoms with Crippen LogP contribution in [0.4, 0.5) is 0 Å². The van der Waals surface area contributed by atoms with Crippen molar-refractivity contribution in [3.63, 3.8) is 0 Å². The normalized spacial score (nSPS) is 10.1. The summed E-state index contributed by atoms with van der Waals surface area (Å²) in [5.41, 5.74) is 6.94. The van der Waals surface area contributed by atoms with E-state index in [4.69, 9.17) is 10.5 Å². The van der Waals surface area contributed by atoms with E-state index in [9.17, 15) is 9.59 Å². The number of nitrogens with one attached hydrogen (secondary N) is 1. The van der Waals surface area contributed by atoms with Crippen molar-refractivity contribution in [2.75, 3.05) is 6.61 Å². The van der Waals surface area contributed by atoms with Gasteiger partial charge in [-0.05, 0) is 26.3 Å². The number of aromatic amines is 1. The standard InChI is InChI=1S/C10H14N2O3/c1-4-15-10(14)7-5(2)8(9(11)13)12-6(7)3/h12H,4H2,1-3H3,(H2,11,13). The summed E-state index contributed by atoms with van der Waals surface area (Å²) >= 11 is 0. The van der Waals surface area contributed by atoms with Gasteiger partial charge in [-0.2, -0.15) is 0 Å². The molecule has 5 nitrogen and oxygen atoms in total.